The fourth-order valence-corrected chi connectivity index (χ4v) is 2.86. The van der Waals surface area contributed by atoms with Gasteiger partial charge in [0.25, 0.3) is 0 Å². The average Bonchev–Trinajstić information content (AvgIpc) is 3.31. The molecule has 1 N–H and O–H groups in total. The minimum absolute atomic E-state index is 0.0651. The Balaban J connectivity index is 1.51. The molecule has 11 heteroatoms. The lowest BCUT2D eigenvalue weighted by Crippen LogP contribution is -2.26. The van der Waals surface area contributed by atoms with Crippen LogP contribution in [0.3, 0.4) is 0 Å². The molecule has 3 aromatic heterocycles. The average molecular weight is 412 g/mol. The number of aromatic nitrogens is 6. The fourth-order valence-electron chi connectivity index (χ4n) is 2.66. The minimum atomic E-state index is -0.785. The Morgan fingerprint density at radius 3 is 2.69 bits per heavy atom. The first-order chi connectivity index (χ1) is 14.1. The van der Waals surface area contributed by atoms with E-state index in [1.165, 1.54) is 12.4 Å². The molecular weight excluding hydrogens is 398 g/mol. The molecule has 4 rings (SSSR count). The van der Waals surface area contributed by atoms with E-state index in [9.17, 15) is 9.59 Å². The Labute approximate surface area is 168 Å². The van der Waals surface area contributed by atoms with E-state index in [1.54, 1.807) is 29.1 Å². The number of nitrogens with zero attached hydrogens (tertiary/aromatic N) is 6. The topological polar surface area (TPSA) is 121 Å². The Morgan fingerprint density at radius 1 is 1.10 bits per heavy atom. The van der Waals surface area contributed by atoms with Gasteiger partial charge in [0.2, 0.25) is 11.7 Å². The number of hydrogen-bond acceptors (Lipinski definition) is 7. The van der Waals surface area contributed by atoms with E-state index >= 15 is 0 Å². The molecule has 0 bridgehead atoms. The van der Waals surface area contributed by atoms with Gasteiger partial charge in [0.1, 0.15) is 12.4 Å². The summed E-state index contributed by atoms with van der Waals surface area (Å²) in [4.78, 5) is 32.5. The van der Waals surface area contributed by atoms with Gasteiger partial charge in [-0.3, -0.25) is 9.32 Å². The number of carbonyl (C=O) groups is 1. The Kier molecular flexibility index (Phi) is 5.16. The SMILES string of the molecule is O=C(Cn1c(-c2ncccn2)noc1=O)Nc1ccnn1Cc1ccccc1Cl. The maximum absolute atomic E-state index is 12.5. The number of amides is 1. The van der Waals surface area contributed by atoms with Crippen molar-refractivity contribution in [3.63, 3.8) is 0 Å². The van der Waals surface area contributed by atoms with E-state index in [4.69, 9.17) is 11.6 Å². The van der Waals surface area contributed by atoms with Crippen molar-refractivity contribution in [3.8, 4) is 11.6 Å². The monoisotopic (exact) mass is 411 g/mol. The first-order valence-electron chi connectivity index (χ1n) is 8.51. The maximum Gasteiger partial charge on any atom is 0.442 e. The summed E-state index contributed by atoms with van der Waals surface area (Å²) in [6.07, 6.45) is 4.56. The van der Waals surface area contributed by atoms with Crippen molar-refractivity contribution in [3.05, 3.63) is 76.1 Å². The Hall–Kier alpha value is -3.79. The Bertz CT molecular complexity index is 1200. The summed E-state index contributed by atoms with van der Waals surface area (Å²) in [5, 5.41) is 11.2. The summed E-state index contributed by atoms with van der Waals surface area (Å²) < 4.78 is 7.32. The van der Waals surface area contributed by atoms with Crippen LogP contribution in [-0.2, 0) is 17.9 Å². The quantitative estimate of drug-likeness (QED) is 0.513. The zero-order valence-electron chi connectivity index (χ0n) is 14.9. The van der Waals surface area contributed by atoms with Gasteiger partial charge in [0, 0.05) is 23.5 Å². The number of nitrogens with one attached hydrogen (secondary N) is 1. The molecule has 29 heavy (non-hydrogen) atoms. The minimum Gasteiger partial charge on any atom is -0.309 e. The predicted molar refractivity (Wildman–Crippen MR) is 103 cm³/mol. The molecule has 0 fully saturated rings. The first-order valence-corrected chi connectivity index (χ1v) is 8.88. The standard InChI is InChI=1S/C18H14ClN7O3/c19-13-5-2-1-4-12(13)10-26-14(6-9-22-26)23-15(27)11-25-17(24-29-18(25)28)16-20-7-3-8-21-16/h1-9H,10-11H2,(H,23,27). The van der Waals surface area contributed by atoms with Crippen LogP contribution < -0.4 is 11.1 Å². The van der Waals surface area contributed by atoms with Gasteiger partial charge in [-0.15, -0.1) is 0 Å². The van der Waals surface area contributed by atoms with Gasteiger partial charge in [-0.2, -0.15) is 5.10 Å². The number of anilines is 1. The molecule has 4 aromatic rings. The third-order valence-corrected chi connectivity index (χ3v) is 4.38. The Morgan fingerprint density at radius 2 is 1.90 bits per heavy atom. The lowest BCUT2D eigenvalue weighted by atomic mass is 10.2. The van der Waals surface area contributed by atoms with E-state index in [0.29, 0.717) is 17.4 Å². The van der Waals surface area contributed by atoms with E-state index in [2.05, 4.69) is 30.1 Å². The molecule has 3 heterocycles. The van der Waals surface area contributed by atoms with E-state index in [0.717, 1.165) is 10.1 Å². The second-order valence-electron chi connectivity index (χ2n) is 5.94. The number of hydrogen-bond donors (Lipinski definition) is 1. The third kappa shape index (κ3) is 4.06. The van der Waals surface area contributed by atoms with Gasteiger partial charge in [-0.1, -0.05) is 35.0 Å². The zero-order chi connectivity index (χ0) is 20.2. The van der Waals surface area contributed by atoms with Crippen LogP contribution in [0.25, 0.3) is 11.6 Å². The van der Waals surface area contributed by atoms with Crippen molar-refractivity contribution in [2.24, 2.45) is 0 Å². The van der Waals surface area contributed by atoms with Crippen molar-refractivity contribution in [1.29, 1.82) is 0 Å². The third-order valence-electron chi connectivity index (χ3n) is 4.02. The molecule has 0 spiro atoms. The number of benzene rings is 1. The van der Waals surface area contributed by atoms with E-state index in [-0.39, 0.29) is 18.2 Å². The maximum atomic E-state index is 12.5. The second kappa shape index (κ2) is 8.07. The molecule has 0 aliphatic rings. The second-order valence-corrected chi connectivity index (χ2v) is 6.35. The number of carbonyl (C=O) groups excluding carboxylic acids is 1. The van der Waals surface area contributed by atoms with Gasteiger partial charge < -0.3 is 5.32 Å². The van der Waals surface area contributed by atoms with E-state index < -0.39 is 11.7 Å². The van der Waals surface area contributed by atoms with Crippen LogP contribution in [0.15, 0.2) is 64.3 Å². The predicted octanol–water partition coefficient (Wildman–Crippen LogP) is 1.83. The van der Waals surface area contributed by atoms with Crippen LogP contribution in [0.2, 0.25) is 5.02 Å². The molecule has 0 aliphatic carbocycles. The van der Waals surface area contributed by atoms with Gasteiger partial charge in [0.05, 0.1) is 12.7 Å². The van der Waals surface area contributed by atoms with Gasteiger partial charge in [-0.05, 0) is 17.7 Å². The number of halogens is 1. The molecule has 1 aromatic carbocycles. The van der Waals surface area contributed by atoms with Crippen LogP contribution in [0.5, 0.6) is 0 Å². The molecule has 0 radical (unpaired) electrons. The molecule has 0 unspecified atom stereocenters. The highest BCUT2D eigenvalue weighted by Crippen LogP contribution is 2.18. The summed E-state index contributed by atoms with van der Waals surface area (Å²) in [6.45, 7) is 0.0474. The van der Waals surface area contributed by atoms with Gasteiger partial charge in [0.15, 0.2) is 5.82 Å². The summed E-state index contributed by atoms with van der Waals surface area (Å²) >= 11 is 6.19. The first kappa shape index (κ1) is 18.6. The highest BCUT2D eigenvalue weighted by molar-refractivity contribution is 6.31. The van der Waals surface area contributed by atoms with Crippen LogP contribution in [0.1, 0.15) is 5.56 Å². The summed E-state index contributed by atoms with van der Waals surface area (Å²) in [5.41, 5.74) is 0.854. The fraction of sp³-hybridized carbons (Fsp3) is 0.111. The molecule has 146 valence electrons. The van der Waals surface area contributed by atoms with Gasteiger partial charge >= 0.3 is 5.76 Å². The van der Waals surface area contributed by atoms with E-state index in [1.807, 2.05) is 18.2 Å². The van der Waals surface area contributed by atoms with Crippen LogP contribution in [0, 0.1) is 0 Å². The lowest BCUT2D eigenvalue weighted by Gasteiger charge is -2.10. The molecule has 1 amide bonds. The van der Waals surface area contributed by atoms with Crippen LogP contribution in [0.4, 0.5) is 5.82 Å². The normalized spacial score (nSPS) is 10.8. The summed E-state index contributed by atoms with van der Waals surface area (Å²) in [7, 11) is 0. The zero-order valence-corrected chi connectivity index (χ0v) is 15.7. The smallest absolute Gasteiger partial charge is 0.309 e. The highest BCUT2D eigenvalue weighted by atomic mass is 35.5. The van der Waals surface area contributed by atoms with Gasteiger partial charge in [-0.25, -0.2) is 24.0 Å². The summed E-state index contributed by atoms with van der Waals surface area (Å²) in [6, 6.07) is 10.6. The van der Waals surface area contributed by atoms with Crippen molar-refractivity contribution < 1.29 is 9.32 Å². The van der Waals surface area contributed by atoms with Crippen molar-refractivity contribution >= 4 is 23.3 Å². The summed E-state index contributed by atoms with van der Waals surface area (Å²) in [5.74, 6) is -0.553. The molecular formula is C18H14ClN7O3. The number of rotatable bonds is 6. The molecule has 10 nitrogen and oxygen atoms in total. The molecule has 0 atom stereocenters. The van der Waals surface area contributed by atoms with Crippen LogP contribution in [-0.4, -0.2) is 35.4 Å². The molecule has 0 saturated heterocycles. The highest BCUT2D eigenvalue weighted by Gasteiger charge is 2.18. The molecule has 0 aliphatic heterocycles. The lowest BCUT2D eigenvalue weighted by molar-refractivity contribution is -0.116. The van der Waals surface area contributed by atoms with Crippen molar-refractivity contribution in [2.75, 3.05) is 5.32 Å². The van der Waals surface area contributed by atoms with Crippen LogP contribution >= 0.6 is 11.6 Å². The molecule has 0 saturated carbocycles. The van der Waals surface area contributed by atoms with Crippen molar-refractivity contribution in [2.45, 2.75) is 13.1 Å². The largest absolute Gasteiger partial charge is 0.442 e. The van der Waals surface area contributed by atoms with Crippen molar-refractivity contribution in [1.82, 2.24) is 29.5 Å².